The zero-order chi connectivity index (χ0) is 18.1. The highest BCUT2D eigenvalue weighted by Gasteiger charge is 2.13. The largest absolute Gasteiger partial charge is 0.326 e. The lowest BCUT2D eigenvalue weighted by atomic mass is 10.2. The first-order chi connectivity index (χ1) is 12.6. The monoisotopic (exact) mass is 385 g/mol. The summed E-state index contributed by atoms with van der Waals surface area (Å²) in [5.74, 6) is -0.506. The van der Waals surface area contributed by atoms with Gasteiger partial charge in [0.15, 0.2) is 4.96 Å². The van der Waals surface area contributed by atoms with Crippen molar-refractivity contribution in [1.82, 2.24) is 9.38 Å². The van der Waals surface area contributed by atoms with Crippen molar-refractivity contribution in [3.05, 3.63) is 76.6 Å². The summed E-state index contributed by atoms with van der Waals surface area (Å²) in [6.07, 6.45) is 2.11. The molecule has 7 heteroatoms. The average molecular weight is 386 g/mol. The molecule has 2 heterocycles. The Labute approximate surface area is 157 Å². The number of imidazole rings is 1. The number of carbonyl (C=O) groups is 1. The van der Waals surface area contributed by atoms with E-state index in [0.29, 0.717) is 10.7 Å². The molecule has 1 N–H and O–H groups in total. The molecule has 0 unspecified atom stereocenters. The number of amides is 1. The number of aromatic nitrogens is 2. The van der Waals surface area contributed by atoms with Gasteiger partial charge in [0.05, 0.1) is 12.1 Å². The Morgan fingerprint density at radius 3 is 2.62 bits per heavy atom. The lowest BCUT2D eigenvalue weighted by Gasteiger charge is -2.04. The first-order valence-electron chi connectivity index (χ1n) is 7.85. The molecule has 4 nitrogen and oxygen atoms in total. The fraction of sp³-hybridized carbons (Fsp3) is 0.0526. The Morgan fingerprint density at radius 1 is 1.15 bits per heavy atom. The summed E-state index contributed by atoms with van der Waals surface area (Å²) in [6.45, 7) is 0. The highest BCUT2D eigenvalue weighted by atomic mass is 35.5. The molecule has 4 aromatic rings. The van der Waals surface area contributed by atoms with Gasteiger partial charge >= 0.3 is 0 Å². The van der Waals surface area contributed by atoms with Crippen LogP contribution in [0.25, 0.3) is 16.2 Å². The molecule has 0 spiro atoms. The van der Waals surface area contributed by atoms with Crippen LogP contribution in [0.2, 0.25) is 5.02 Å². The number of halogens is 2. The van der Waals surface area contributed by atoms with Crippen LogP contribution in [0.4, 0.5) is 10.1 Å². The predicted molar refractivity (Wildman–Crippen MR) is 102 cm³/mol. The van der Waals surface area contributed by atoms with E-state index < -0.39 is 0 Å². The van der Waals surface area contributed by atoms with Gasteiger partial charge in [-0.25, -0.2) is 9.37 Å². The molecule has 0 saturated heterocycles. The molecule has 2 aromatic carbocycles. The van der Waals surface area contributed by atoms with Crippen LogP contribution in [-0.2, 0) is 11.2 Å². The predicted octanol–water partition coefficient (Wildman–Crippen LogP) is 5.04. The van der Waals surface area contributed by atoms with Crippen LogP contribution < -0.4 is 5.32 Å². The first-order valence-corrected chi connectivity index (χ1v) is 9.11. The van der Waals surface area contributed by atoms with Gasteiger partial charge in [0.2, 0.25) is 5.91 Å². The molecule has 0 bridgehead atoms. The van der Waals surface area contributed by atoms with Crippen LogP contribution in [0.1, 0.15) is 5.69 Å². The second-order valence-electron chi connectivity index (χ2n) is 5.74. The SMILES string of the molecule is O=C(Cc1csc2nc(-c3ccc(Cl)cc3)cn12)Nc1ccc(F)cc1. The molecule has 0 fully saturated rings. The number of hydrogen-bond donors (Lipinski definition) is 1. The Hall–Kier alpha value is -2.70. The van der Waals surface area contributed by atoms with Crippen molar-refractivity contribution in [2.24, 2.45) is 0 Å². The van der Waals surface area contributed by atoms with E-state index in [1.807, 2.05) is 40.2 Å². The maximum atomic E-state index is 12.9. The number of nitrogens with one attached hydrogen (secondary N) is 1. The molecule has 26 heavy (non-hydrogen) atoms. The van der Waals surface area contributed by atoms with Crippen LogP contribution in [0, 0.1) is 5.82 Å². The second kappa shape index (κ2) is 6.90. The highest BCUT2D eigenvalue weighted by molar-refractivity contribution is 7.15. The molecule has 1 amide bonds. The molecule has 0 saturated carbocycles. The maximum Gasteiger partial charge on any atom is 0.230 e. The Balaban J connectivity index is 1.54. The van der Waals surface area contributed by atoms with Gasteiger partial charge in [0, 0.05) is 33.5 Å². The van der Waals surface area contributed by atoms with Crippen LogP contribution in [-0.4, -0.2) is 15.3 Å². The third-order valence-electron chi connectivity index (χ3n) is 3.89. The van der Waals surface area contributed by atoms with E-state index >= 15 is 0 Å². The van der Waals surface area contributed by atoms with Crippen LogP contribution >= 0.6 is 22.9 Å². The number of anilines is 1. The summed E-state index contributed by atoms with van der Waals surface area (Å²) < 4.78 is 14.9. The van der Waals surface area contributed by atoms with Crippen LogP contribution in [0.15, 0.2) is 60.1 Å². The molecule has 0 aliphatic heterocycles. The van der Waals surface area contributed by atoms with Crippen LogP contribution in [0.3, 0.4) is 0 Å². The minimum Gasteiger partial charge on any atom is -0.326 e. The van der Waals surface area contributed by atoms with Gasteiger partial charge in [0.1, 0.15) is 5.82 Å². The number of hydrogen-bond acceptors (Lipinski definition) is 3. The van der Waals surface area contributed by atoms with Crippen molar-refractivity contribution < 1.29 is 9.18 Å². The van der Waals surface area contributed by atoms with Gasteiger partial charge < -0.3 is 5.32 Å². The van der Waals surface area contributed by atoms with Gasteiger partial charge in [-0.05, 0) is 36.4 Å². The van der Waals surface area contributed by atoms with Crippen molar-refractivity contribution in [3.63, 3.8) is 0 Å². The number of thiazole rings is 1. The van der Waals surface area contributed by atoms with Gasteiger partial charge in [-0.3, -0.25) is 9.20 Å². The second-order valence-corrected chi connectivity index (χ2v) is 7.02. The fourth-order valence-electron chi connectivity index (χ4n) is 2.62. The molecule has 0 aliphatic rings. The van der Waals surface area contributed by atoms with Crippen molar-refractivity contribution in [3.8, 4) is 11.3 Å². The zero-order valence-electron chi connectivity index (χ0n) is 13.4. The molecular formula is C19H13ClFN3OS. The summed E-state index contributed by atoms with van der Waals surface area (Å²) >= 11 is 7.40. The maximum absolute atomic E-state index is 12.9. The van der Waals surface area contributed by atoms with E-state index in [1.165, 1.54) is 35.6 Å². The van der Waals surface area contributed by atoms with Crippen molar-refractivity contribution in [1.29, 1.82) is 0 Å². The fourth-order valence-corrected chi connectivity index (χ4v) is 3.62. The quantitative estimate of drug-likeness (QED) is 0.535. The molecule has 0 atom stereocenters. The van der Waals surface area contributed by atoms with Crippen molar-refractivity contribution >= 4 is 39.5 Å². The van der Waals surface area contributed by atoms with Crippen LogP contribution in [0.5, 0.6) is 0 Å². The average Bonchev–Trinajstić information content (AvgIpc) is 3.20. The number of nitrogens with zero attached hydrogens (tertiary/aromatic N) is 2. The summed E-state index contributed by atoms with van der Waals surface area (Å²) in [5, 5.41) is 5.36. The Kier molecular flexibility index (Phi) is 4.44. The van der Waals surface area contributed by atoms with Gasteiger partial charge in [-0.2, -0.15) is 0 Å². The minimum atomic E-state index is -0.337. The smallest absolute Gasteiger partial charge is 0.230 e. The summed E-state index contributed by atoms with van der Waals surface area (Å²) in [7, 11) is 0. The normalized spacial score (nSPS) is 11.0. The molecule has 130 valence electrons. The van der Waals surface area contributed by atoms with E-state index in [1.54, 1.807) is 0 Å². The Morgan fingerprint density at radius 2 is 1.88 bits per heavy atom. The van der Waals surface area contributed by atoms with E-state index in [4.69, 9.17) is 11.6 Å². The third kappa shape index (κ3) is 3.47. The van der Waals surface area contributed by atoms with E-state index in [9.17, 15) is 9.18 Å². The van der Waals surface area contributed by atoms with Gasteiger partial charge in [-0.1, -0.05) is 23.7 Å². The summed E-state index contributed by atoms with van der Waals surface area (Å²) in [4.78, 5) is 17.7. The Bertz CT molecular complexity index is 1070. The topological polar surface area (TPSA) is 46.4 Å². The molecule has 2 aromatic heterocycles. The number of rotatable bonds is 4. The van der Waals surface area contributed by atoms with Gasteiger partial charge in [0.25, 0.3) is 0 Å². The zero-order valence-corrected chi connectivity index (χ0v) is 15.0. The number of carbonyl (C=O) groups excluding carboxylic acids is 1. The number of fused-ring (bicyclic) bond motifs is 1. The van der Waals surface area contributed by atoms with E-state index in [-0.39, 0.29) is 18.1 Å². The van der Waals surface area contributed by atoms with Crippen molar-refractivity contribution in [2.75, 3.05) is 5.32 Å². The van der Waals surface area contributed by atoms with E-state index in [0.717, 1.165) is 21.9 Å². The molecular weight excluding hydrogens is 373 g/mol. The number of benzene rings is 2. The standard InChI is InChI=1S/C19H13ClFN3OS/c20-13-3-1-12(2-4-13)17-10-24-16(11-26-19(24)23-17)9-18(25)22-15-7-5-14(21)6-8-15/h1-8,10-11H,9H2,(H,22,25). The molecule has 0 radical (unpaired) electrons. The summed E-state index contributed by atoms with van der Waals surface area (Å²) in [5.41, 5.74) is 3.20. The van der Waals surface area contributed by atoms with Crippen molar-refractivity contribution in [2.45, 2.75) is 6.42 Å². The summed E-state index contributed by atoms with van der Waals surface area (Å²) in [6, 6.07) is 13.2. The lowest BCUT2D eigenvalue weighted by Crippen LogP contribution is -2.15. The van der Waals surface area contributed by atoms with Gasteiger partial charge in [-0.15, -0.1) is 11.3 Å². The molecule has 4 rings (SSSR count). The lowest BCUT2D eigenvalue weighted by molar-refractivity contribution is -0.115. The minimum absolute atomic E-state index is 0.168. The first kappa shape index (κ1) is 16.8. The molecule has 0 aliphatic carbocycles. The third-order valence-corrected chi connectivity index (χ3v) is 5.03. The van der Waals surface area contributed by atoms with E-state index in [2.05, 4.69) is 10.3 Å². The highest BCUT2D eigenvalue weighted by Crippen LogP contribution is 2.25.